The number of nitrogens with one attached hydrogen (secondary N) is 1. The zero-order valence-electron chi connectivity index (χ0n) is 16.9. The fourth-order valence-electron chi connectivity index (χ4n) is 3.45. The zero-order valence-corrected chi connectivity index (χ0v) is 16.9. The second-order valence-corrected chi connectivity index (χ2v) is 7.01. The van der Waals surface area contributed by atoms with Gasteiger partial charge in [0.05, 0.1) is 5.39 Å². The van der Waals surface area contributed by atoms with Gasteiger partial charge in [0.25, 0.3) is 11.5 Å². The van der Waals surface area contributed by atoms with E-state index in [1.54, 1.807) is 54.3 Å². The van der Waals surface area contributed by atoms with Gasteiger partial charge < -0.3 is 20.4 Å². The largest absolute Gasteiger partial charge is 0.385 e. The Balaban J connectivity index is 1.77. The average molecular weight is 419 g/mol. The van der Waals surface area contributed by atoms with Crippen molar-refractivity contribution < 1.29 is 14.3 Å². The standard InChI is InChI=1S/C22H21N5O4/c1-31-12-4-11-26-17(21(29)24-15-8-6-14(7-9-15)19(23)28)13-16-20(26)25-18-5-2-3-10-27(18)22(16)30/h2-3,5-10,13H,4,11-12H2,1H3,(H2,23,28)(H,24,29). The molecule has 9 heteroatoms. The highest BCUT2D eigenvalue weighted by atomic mass is 16.5. The summed E-state index contributed by atoms with van der Waals surface area (Å²) < 4.78 is 8.32. The summed E-state index contributed by atoms with van der Waals surface area (Å²) in [6.07, 6.45) is 2.29. The van der Waals surface area contributed by atoms with Crippen molar-refractivity contribution >= 4 is 34.2 Å². The van der Waals surface area contributed by atoms with Gasteiger partial charge in [0.1, 0.15) is 17.0 Å². The van der Waals surface area contributed by atoms with Crippen LogP contribution in [0.1, 0.15) is 27.3 Å². The summed E-state index contributed by atoms with van der Waals surface area (Å²) in [4.78, 5) is 41.9. The Morgan fingerprint density at radius 2 is 1.94 bits per heavy atom. The van der Waals surface area contributed by atoms with Crippen molar-refractivity contribution in [1.29, 1.82) is 0 Å². The van der Waals surface area contributed by atoms with Crippen LogP contribution >= 0.6 is 0 Å². The highest BCUT2D eigenvalue weighted by molar-refractivity contribution is 6.06. The minimum absolute atomic E-state index is 0.244. The molecule has 0 radical (unpaired) electrons. The van der Waals surface area contributed by atoms with Gasteiger partial charge in [-0.3, -0.25) is 18.8 Å². The quantitative estimate of drug-likeness (QED) is 0.444. The number of pyridine rings is 1. The maximum absolute atomic E-state index is 13.1. The number of ether oxygens (including phenoxy) is 1. The summed E-state index contributed by atoms with van der Waals surface area (Å²) in [6, 6.07) is 13.1. The van der Waals surface area contributed by atoms with E-state index in [1.165, 1.54) is 16.5 Å². The number of carbonyl (C=O) groups excluding carboxylic acids is 2. The fraction of sp³-hybridized carbons (Fsp3) is 0.182. The van der Waals surface area contributed by atoms with E-state index in [0.29, 0.717) is 53.2 Å². The minimum Gasteiger partial charge on any atom is -0.385 e. The number of primary amides is 1. The van der Waals surface area contributed by atoms with Crippen molar-refractivity contribution in [2.45, 2.75) is 13.0 Å². The molecule has 9 nitrogen and oxygen atoms in total. The van der Waals surface area contributed by atoms with E-state index in [9.17, 15) is 14.4 Å². The van der Waals surface area contributed by atoms with Gasteiger partial charge in [0.15, 0.2) is 0 Å². The van der Waals surface area contributed by atoms with Crippen LogP contribution in [0.5, 0.6) is 0 Å². The van der Waals surface area contributed by atoms with Crippen LogP contribution in [0.3, 0.4) is 0 Å². The van der Waals surface area contributed by atoms with Crippen LogP contribution in [-0.2, 0) is 11.3 Å². The molecule has 3 aromatic heterocycles. The lowest BCUT2D eigenvalue weighted by Gasteiger charge is -2.11. The van der Waals surface area contributed by atoms with Gasteiger partial charge in [-0.2, -0.15) is 0 Å². The Morgan fingerprint density at radius 3 is 2.65 bits per heavy atom. The van der Waals surface area contributed by atoms with Crippen molar-refractivity contribution in [1.82, 2.24) is 14.0 Å². The Bertz CT molecular complexity index is 1340. The van der Waals surface area contributed by atoms with Gasteiger partial charge in [-0.25, -0.2) is 4.98 Å². The first-order valence-electron chi connectivity index (χ1n) is 9.70. The summed E-state index contributed by atoms with van der Waals surface area (Å²) in [5, 5.41) is 3.15. The molecular weight excluding hydrogens is 398 g/mol. The van der Waals surface area contributed by atoms with Crippen LogP contribution in [0.25, 0.3) is 16.7 Å². The Morgan fingerprint density at radius 1 is 1.16 bits per heavy atom. The molecule has 0 aliphatic carbocycles. The van der Waals surface area contributed by atoms with Crippen LogP contribution in [0.2, 0.25) is 0 Å². The number of aryl methyl sites for hydroxylation is 1. The van der Waals surface area contributed by atoms with Crippen LogP contribution < -0.4 is 16.6 Å². The van der Waals surface area contributed by atoms with Crippen molar-refractivity contribution in [2.24, 2.45) is 5.73 Å². The highest BCUT2D eigenvalue weighted by Gasteiger charge is 2.20. The number of amides is 2. The zero-order chi connectivity index (χ0) is 22.0. The smallest absolute Gasteiger partial charge is 0.272 e. The lowest BCUT2D eigenvalue weighted by molar-refractivity contribution is 0.0997. The van der Waals surface area contributed by atoms with Crippen LogP contribution in [0.4, 0.5) is 5.69 Å². The summed E-state index contributed by atoms with van der Waals surface area (Å²) in [7, 11) is 1.61. The molecule has 4 aromatic rings. The molecule has 2 amide bonds. The average Bonchev–Trinajstić information content (AvgIpc) is 3.13. The molecule has 0 aliphatic heterocycles. The molecular formula is C22H21N5O4. The fourth-order valence-corrected chi connectivity index (χ4v) is 3.45. The number of nitrogens with zero attached hydrogens (tertiary/aromatic N) is 3. The number of benzene rings is 1. The Hall–Kier alpha value is -3.98. The number of nitrogens with two attached hydrogens (primary N) is 1. The summed E-state index contributed by atoms with van der Waals surface area (Å²) in [5.74, 6) is -0.939. The number of anilines is 1. The van der Waals surface area contributed by atoms with E-state index in [4.69, 9.17) is 10.5 Å². The second-order valence-electron chi connectivity index (χ2n) is 7.01. The predicted molar refractivity (Wildman–Crippen MR) is 116 cm³/mol. The molecule has 31 heavy (non-hydrogen) atoms. The lowest BCUT2D eigenvalue weighted by Crippen LogP contribution is -2.18. The van der Waals surface area contributed by atoms with Crippen molar-refractivity contribution in [3.8, 4) is 0 Å². The number of fused-ring (bicyclic) bond motifs is 2. The van der Waals surface area contributed by atoms with Gasteiger partial charge >= 0.3 is 0 Å². The van der Waals surface area contributed by atoms with Gasteiger partial charge in [-0.15, -0.1) is 0 Å². The van der Waals surface area contributed by atoms with Crippen LogP contribution in [-0.4, -0.2) is 39.5 Å². The molecule has 0 saturated heterocycles. The van der Waals surface area contributed by atoms with E-state index < -0.39 is 11.8 Å². The minimum atomic E-state index is -0.547. The number of methoxy groups -OCH3 is 1. The van der Waals surface area contributed by atoms with Crippen LogP contribution in [0, 0.1) is 0 Å². The van der Waals surface area contributed by atoms with Gasteiger partial charge in [-0.05, 0) is 48.9 Å². The molecule has 0 aliphatic rings. The molecule has 3 heterocycles. The summed E-state index contributed by atoms with van der Waals surface area (Å²) in [6.45, 7) is 0.956. The molecule has 1 aromatic carbocycles. The van der Waals surface area contributed by atoms with Gasteiger partial charge in [0, 0.05) is 37.7 Å². The molecule has 0 bridgehead atoms. The third-order valence-electron chi connectivity index (χ3n) is 4.97. The maximum Gasteiger partial charge on any atom is 0.272 e. The van der Waals surface area contributed by atoms with E-state index in [2.05, 4.69) is 10.3 Å². The SMILES string of the molecule is COCCCn1c(C(=O)Nc2ccc(C(N)=O)cc2)cc2c(=O)n3ccccc3nc21. The molecule has 0 fully saturated rings. The molecule has 4 rings (SSSR count). The van der Waals surface area contributed by atoms with E-state index in [0.717, 1.165) is 0 Å². The van der Waals surface area contributed by atoms with Crippen molar-refractivity contribution in [2.75, 3.05) is 19.0 Å². The molecule has 0 unspecified atom stereocenters. The first-order chi connectivity index (χ1) is 15.0. The normalized spacial score (nSPS) is 11.1. The molecule has 0 spiro atoms. The Labute approximate surface area is 177 Å². The van der Waals surface area contributed by atoms with Crippen molar-refractivity contribution in [3.05, 3.63) is 76.3 Å². The summed E-state index contributed by atoms with van der Waals surface area (Å²) >= 11 is 0. The summed E-state index contributed by atoms with van der Waals surface area (Å²) in [5.41, 5.74) is 7.11. The molecule has 3 N–H and O–H groups in total. The van der Waals surface area contributed by atoms with Crippen LogP contribution in [0.15, 0.2) is 59.5 Å². The molecule has 158 valence electrons. The first-order valence-corrected chi connectivity index (χ1v) is 9.70. The van der Waals surface area contributed by atoms with Crippen molar-refractivity contribution in [3.63, 3.8) is 0 Å². The molecule has 0 saturated carbocycles. The maximum atomic E-state index is 13.1. The van der Waals surface area contributed by atoms with E-state index in [-0.39, 0.29) is 5.56 Å². The van der Waals surface area contributed by atoms with E-state index in [1.807, 2.05) is 0 Å². The van der Waals surface area contributed by atoms with E-state index >= 15 is 0 Å². The number of hydrogen-bond acceptors (Lipinski definition) is 5. The van der Waals surface area contributed by atoms with Gasteiger partial charge in [-0.1, -0.05) is 6.07 Å². The Kier molecular flexibility index (Phi) is 5.50. The second kappa shape index (κ2) is 8.41. The number of hydrogen-bond donors (Lipinski definition) is 2. The third-order valence-corrected chi connectivity index (χ3v) is 4.97. The highest BCUT2D eigenvalue weighted by Crippen LogP contribution is 2.19. The first kappa shape index (κ1) is 20.3. The number of carbonyl (C=O) groups is 2. The topological polar surface area (TPSA) is 121 Å². The lowest BCUT2D eigenvalue weighted by atomic mass is 10.2. The number of aromatic nitrogens is 3. The monoisotopic (exact) mass is 419 g/mol. The van der Waals surface area contributed by atoms with Gasteiger partial charge in [0.2, 0.25) is 5.91 Å². The predicted octanol–water partition coefficient (Wildman–Crippen LogP) is 2.04. The third kappa shape index (κ3) is 3.90. The molecule has 0 atom stereocenters. The number of rotatable bonds is 7.